The molecular weight excluding hydrogens is 474 g/mol. The maximum atomic E-state index is 13.9. The maximum Gasteiger partial charge on any atom is 0.273 e. The predicted molar refractivity (Wildman–Crippen MR) is 132 cm³/mol. The van der Waals surface area contributed by atoms with Gasteiger partial charge < -0.3 is 21.5 Å². The number of hydrogen-bond acceptors (Lipinski definition) is 8. The van der Waals surface area contributed by atoms with Crippen LogP contribution in [0.4, 0.5) is 11.4 Å². The molecular formula is C23H25N5O4S2. The zero-order valence-corrected chi connectivity index (χ0v) is 20.2. The lowest BCUT2D eigenvalue weighted by molar-refractivity contribution is -0.122. The number of primary amides is 1. The van der Waals surface area contributed by atoms with Crippen molar-refractivity contribution in [2.45, 2.75) is 31.9 Å². The summed E-state index contributed by atoms with van der Waals surface area (Å²) in [4.78, 5) is 41.3. The summed E-state index contributed by atoms with van der Waals surface area (Å²) in [6, 6.07) is 9.95. The van der Waals surface area contributed by atoms with Crippen LogP contribution < -0.4 is 21.7 Å². The van der Waals surface area contributed by atoms with Gasteiger partial charge in [-0.15, -0.1) is 11.3 Å². The third-order valence-corrected chi connectivity index (χ3v) is 7.37. The van der Waals surface area contributed by atoms with Crippen LogP contribution in [0.1, 0.15) is 49.5 Å². The molecule has 9 nitrogen and oxygen atoms in total. The number of carbonyl (C=O) groups is 3. The molecule has 4 rings (SSSR count). The summed E-state index contributed by atoms with van der Waals surface area (Å²) < 4.78 is 9.61. The lowest BCUT2D eigenvalue weighted by atomic mass is 10.1. The average molecular weight is 500 g/mol. The minimum atomic E-state index is -0.964. The Morgan fingerprint density at radius 1 is 1.26 bits per heavy atom. The fourth-order valence-corrected chi connectivity index (χ4v) is 5.43. The molecule has 0 unspecified atom stereocenters. The van der Waals surface area contributed by atoms with Crippen molar-refractivity contribution in [1.82, 2.24) is 9.69 Å². The molecule has 2 atom stereocenters. The number of ether oxygens (including phenoxy) is 1. The van der Waals surface area contributed by atoms with Gasteiger partial charge in [0.2, 0.25) is 5.91 Å². The summed E-state index contributed by atoms with van der Waals surface area (Å²) in [7, 11) is 0. The summed E-state index contributed by atoms with van der Waals surface area (Å²) >= 11 is 2.16. The van der Waals surface area contributed by atoms with Crippen LogP contribution in [0.15, 0.2) is 41.8 Å². The molecule has 1 aromatic carbocycles. The molecule has 1 aliphatic heterocycles. The number of hydrogen-bond donors (Lipinski definition) is 3. The maximum absolute atomic E-state index is 13.9. The van der Waals surface area contributed by atoms with E-state index < -0.39 is 17.9 Å². The Labute approximate surface area is 204 Å². The van der Waals surface area contributed by atoms with Crippen LogP contribution in [0, 0.1) is 6.92 Å². The van der Waals surface area contributed by atoms with Crippen molar-refractivity contribution >= 4 is 52.0 Å². The van der Waals surface area contributed by atoms with Crippen LogP contribution in [0.2, 0.25) is 0 Å². The first-order valence-electron chi connectivity index (χ1n) is 10.7. The fraction of sp³-hybridized carbons (Fsp3) is 0.304. The van der Waals surface area contributed by atoms with Crippen molar-refractivity contribution < 1.29 is 19.1 Å². The van der Waals surface area contributed by atoms with E-state index in [1.807, 2.05) is 36.6 Å². The number of nitrogens with zero attached hydrogens (tertiary/aromatic N) is 2. The van der Waals surface area contributed by atoms with Gasteiger partial charge in [-0.05, 0) is 54.4 Å². The number of thiophene rings is 1. The van der Waals surface area contributed by atoms with Crippen molar-refractivity contribution in [1.29, 1.82) is 0 Å². The normalized spacial score (nSPS) is 16.2. The molecule has 3 amide bonds. The van der Waals surface area contributed by atoms with E-state index in [0.29, 0.717) is 23.7 Å². The van der Waals surface area contributed by atoms with Gasteiger partial charge in [0.1, 0.15) is 4.88 Å². The van der Waals surface area contributed by atoms with Gasteiger partial charge in [-0.3, -0.25) is 19.3 Å². The van der Waals surface area contributed by atoms with Crippen molar-refractivity contribution in [2.75, 3.05) is 23.8 Å². The standard InChI is InChI=1S/C23H25N5O4S2/c1-13-6-2-3-8-15(13)28(23(31)20-17(24)18(21(25)29)27-34-20)19(16-9-5-11-33-16)22(30)26-12-14-7-4-10-32-14/h2-3,5-6,8-9,11,14,19H,4,7,10,12,24H2,1H3,(H2,25,29)(H,26,30)/t14-,19-/m0/s1. The summed E-state index contributed by atoms with van der Waals surface area (Å²) in [5, 5.41) is 4.81. The van der Waals surface area contributed by atoms with E-state index in [1.165, 1.54) is 16.2 Å². The van der Waals surface area contributed by atoms with Gasteiger partial charge in [0.25, 0.3) is 11.8 Å². The topological polar surface area (TPSA) is 141 Å². The van der Waals surface area contributed by atoms with Crippen molar-refractivity contribution in [3.63, 3.8) is 0 Å². The number of nitrogen functional groups attached to an aromatic ring is 1. The molecule has 0 spiro atoms. The first-order chi connectivity index (χ1) is 16.4. The molecule has 2 aromatic heterocycles. The molecule has 0 aliphatic carbocycles. The predicted octanol–water partition coefficient (Wildman–Crippen LogP) is 2.88. The van der Waals surface area contributed by atoms with Crippen LogP contribution in [0.3, 0.4) is 0 Å². The molecule has 178 valence electrons. The fourth-order valence-electron chi connectivity index (χ4n) is 3.87. The molecule has 1 fully saturated rings. The Morgan fingerprint density at radius 3 is 2.68 bits per heavy atom. The van der Waals surface area contributed by atoms with Crippen molar-refractivity contribution in [2.24, 2.45) is 5.73 Å². The number of aromatic nitrogens is 1. The van der Waals surface area contributed by atoms with Crippen LogP contribution in [-0.4, -0.2) is 41.4 Å². The Balaban J connectivity index is 1.77. The van der Waals surface area contributed by atoms with E-state index in [9.17, 15) is 14.4 Å². The zero-order chi connectivity index (χ0) is 24.2. The molecule has 34 heavy (non-hydrogen) atoms. The third kappa shape index (κ3) is 4.81. The molecule has 3 heterocycles. The number of nitrogens with two attached hydrogens (primary N) is 2. The Morgan fingerprint density at radius 2 is 2.06 bits per heavy atom. The highest BCUT2D eigenvalue weighted by atomic mass is 32.1. The number of anilines is 2. The number of carbonyl (C=O) groups excluding carboxylic acids is 3. The van der Waals surface area contributed by atoms with Crippen LogP contribution >= 0.6 is 22.9 Å². The van der Waals surface area contributed by atoms with E-state index >= 15 is 0 Å². The molecule has 0 radical (unpaired) electrons. The van der Waals surface area contributed by atoms with E-state index in [-0.39, 0.29) is 28.3 Å². The number of nitrogens with one attached hydrogen (secondary N) is 1. The number of amides is 3. The highest BCUT2D eigenvalue weighted by molar-refractivity contribution is 7.10. The molecule has 0 saturated carbocycles. The minimum absolute atomic E-state index is 0.0468. The molecule has 11 heteroatoms. The largest absolute Gasteiger partial charge is 0.395 e. The summed E-state index contributed by atoms with van der Waals surface area (Å²) in [6.07, 6.45) is 1.78. The first-order valence-corrected chi connectivity index (χ1v) is 12.4. The SMILES string of the molecule is Cc1ccccc1N(C(=O)c1snc(C(N)=O)c1N)[C@H](C(=O)NC[C@@H]1CCCO1)c1cccs1. The van der Waals surface area contributed by atoms with Gasteiger partial charge in [-0.25, -0.2) is 0 Å². The first kappa shape index (κ1) is 23.9. The van der Waals surface area contributed by atoms with Gasteiger partial charge in [0.15, 0.2) is 11.7 Å². The lowest BCUT2D eigenvalue weighted by Crippen LogP contribution is -2.45. The zero-order valence-electron chi connectivity index (χ0n) is 18.5. The van der Waals surface area contributed by atoms with Gasteiger partial charge in [-0.2, -0.15) is 4.37 Å². The van der Waals surface area contributed by atoms with Crippen molar-refractivity contribution in [3.8, 4) is 0 Å². The van der Waals surface area contributed by atoms with Gasteiger partial charge in [-0.1, -0.05) is 24.3 Å². The van der Waals surface area contributed by atoms with E-state index in [1.54, 1.807) is 12.1 Å². The van der Waals surface area contributed by atoms with Crippen molar-refractivity contribution in [3.05, 3.63) is 62.8 Å². The second-order valence-electron chi connectivity index (χ2n) is 7.90. The highest BCUT2D eigenvalue weighted by Gasteiger charge is 2.37. The van der Waals surface area contributed by atoms with Gasteiger partial charge in [0, 0.05) is 23.7 Å². The number of benzene rings is 1. The Hall–Kier alpha value is -3.28. The number of aryl methyl sites for hydroxylation is 1. The van der Waals surface area contributed by atoms with Crippen LogP contribution in [-0.2, 0) is 9.53 Å². The summed E-state index contributed by atoms with van der Waals surface area (Å²) in [6.45, 7) is 2.89. The molecule has 5 N–H and O–H groups in total. The van der Waals surface area contributed by atoms with E-state index in [4.69, 9.17) is 16.2 Å². The van der Waals surface area contributed by atoms with Gasteiger partial charge in [0.05, 0.1) is 11.8 Å². The number of para-hydroxylation sites is 1. The average Bonchev–Trinajstić information content (AvgIpc) is 3.58. The minimum Gasteiger partial charge on any atom is -0.395 e. The summed E-state index contributed by atoms with van der Waals surface area (Å²) in [5.74, 6) is -1.70. The second-order valence-corrected chi connectivity index (χ2v) is 9.65. The molecule has 3 aromatic rings. The van der Waals surface area contributed by atoms with Crippen LogP contribution in [0.5, 0.6) is 0 Å². The smallest absolute Gasteiger partial charge is 0.273 e. The summed E-state index contributed by atoms with van der Waals surface area (Å²) in [5.41, 5.74) is 12.5. The monoisotopic (exact) mass is 499 g/mol. The Bertz CT molecular complexity index is 1190. The van der Waals surface area contributed by atoms with E-state index in [0.717, 1.165) is 29.9 Å². The molecule has 0 bridgehead atoms. The molecule has 1 saturated heterocycles. The lowest BCUT2D eigenvalue weighted by Gasteiger charge is -2.31. The second kappa shape index (κ2) is 10.3. The third-order valence-electron chi connectivity index (χ3n) is 5.60. The van der Waals surface area contributed by atoms with Gasteiger partial charge >= 0.3 is 0 Å². The van der Waals surface area contributed by atoms with E-state index in [2.05, 4.69) is 9.69 Å². The van der Waals surface area contributed by atoms with Crippen LogP contribution in [0.25, 0.3) is 0 Å². The number of rotatable bonds is 8. The highest BCUT2D eigenvalue weighted by Crippen LogP contribution is 2.36. The Kier molecular flexibility index (Phi) is 7.25. The molecule has 1 aliphatic rings. The quantitative estimate of drug-likeness (QED) is 0.435.